The van der Waals surface area contributed by atoms with Crippen molar-refractivity contribution in [2.75, 3.05) is 39.7 Å². The SMILES string of the molecule is COc1cccc(OC2CCN(C(=O)Nc3cc(OC)ccc3OC)CC2)c1. The molecule has 0 unspecified atom stereocenters. The number of urea groups is 1. The molecule has 1 aliphatic rings. The third-order valence-electron chi connectivity index (χ3n) is 4.72. The van der Waals surface area contributed by atoms with Gasteiger partial charge in [0.05, 0.1) is 27.0 Å². The summed E-state index contributed by atoms with van der Waals surface area (Å²) in [5.74, 6) is 2.79. The van der Waals surface area contributed by atoms with Crippen molar-refractivity contribution >= 4 is 11.7 Å². The van der Waals surface area contributed by atoms with Gasteiger partial charge in [-0.3, -0.25) is 0 Å². The highest BCUT2D eigenvalue weighted by atomic mass is 16.5. The number of piperidine rings is 1. The summed E-state index contributed by atoms with van der Waals surface area (Å²) in [5, 5.41) is 2.91. The van der Waals surface area contributed by atoms with Crippen LogP contribution in [0.2, 0.25) is 0 Å². The first-order valence-corrected chi connectivity index (χ1v) is 9.21. The molecule has 1 heterocycles. The Balaban J connectivity index is 1.55. The Kier molecular flexibility index (Phi) is 6.47. The molecule has 7 nitrogen and oxygen atoms in total. The number of ether oxygens (including phenoxy) is 4. The van der Waals surface area contributed by atoms with Gasteiger partial charge < -0.3 is 29.2 Å². The third-order valence-corrected chi connectivity index (χ3v) is 4.72. The molecular formula is C21H26N2O5. The van der Waals surface area contributed by atoms with E-state index in [0.29, 0.717) is 30.3 Å². The van der Waals surface area contributed by atoms with Crippen molar-refractivity contribution in [3.8, 4) is 23.0 Å². The fourth-order valence-electron chi connectivity index (χ4n) is 3.15. The lowest BCUT2D eigenvalue weighted by atomic mass is 10.1. The molecule has 0 bridgehead atoms. The van der Waals surface area contributed by atoms with Gasteiger partial charge in [0.15, 0.2) is 0 Å². The topological polar surface area (TPSA) is 69.3 Å². The van der Waals surface area contributed by atoms with Crippen LogP contribution in [0.4, 0.5) is 10.5 Å². The van der Waals surface area contributed by atoms with Crippen molar-refractivity contribution in [1.29, 1.82) is 0 Å². The molecule has 2 amide bonds. The molecule has 28 heavy (non-hydrogen) atoms. The van der Waals surface area contributed by atoms with Crippen LogP contribution in [-0.2, 0) is 0 Å². The number of anilines is 1. The van der Waals surface area contributed by atoms with Crippen LogP contribution in [0.5, 0.6) is 23.0 Å². The number of hydrogen-bond donors (Lipinski definition) is 1. The first-order valence-electron chi connectivity index (χ1n) is 9.21. The number of nitrogens with one attached hydrogen (secondary N) is 1. The summed E-state index contributed by atoms with van der Waals surface area (Å²) < 4.78 is 21.8. The second kappa shape index (κ2) is 9.21. The van der Waals surface area contributed by atoms with Crippen molar-refractivity contribution in [2.45, 2.75) is 18.9 Å². The summed E-state index contributed by atoms with van der Waals surface area (Å²) in [6.07, 6.45) is 1.60. The molecule has 1 aliphatic heterocycles. The molecule has 0 radical (unpaired) electrons. The van der Waals surface area contributed by atoms with Crippen molar-refractivity contribution in [3.05, 3.63) is 42.5 Å². The Labute approximate surface area is 165 Å². The van der Waals surface area contributed by atoms with Crippen LogP contribution in [0.15, 0.2) is 42.5 Å². The van der Waals surface area contributed by atoms with Crippen molar-refractivity contribution in [1.82, 2.24) is 4.90 Å². The minimum Gasteiger partial charge on any atom is -0.497 e. The van der Waals surface area contributed by atoms with E-state index in [1.54, 1.807) is 44.4 Å². The number of nitrogens with zero attached hydrogens (tertiary/aromatic N) is 1. The highest BCUT2D eigenvalue weighted by molar-refractivity contribution is 5.91. The second-order valence-corrected chi connectivity index (χ2v) is 6.48. The molecule has 3 rings (SSSR count). The number of hydrogen-bond acceptors (Lipinski definition) is 5. The number of amides is 2. The Morgan fingerprint density at radius 1 is 0.929 bits per heavy atom. The Morgan fingerprint density at radius 2 is 1.61 bits per heavy atom. The molecule has 2 aromatic carbocycles. The smallest absolute Gasteiger partial charge is 0.321 e. The van der Waals surface area contributed by atoms with Crippen LogP contribution in [0.3, 0.4) is 0 Å². The van der Waals surface area contributed by atoms with Crippen LogP contribution < -0.4 is 24.3 Å². The van der Waals surface area contributed by atoms with Crippen molar-refractivity contribution < 1.29 is 23.7 Å². The summed E-state index contributed by atoms with van der Waals surface area (Å²) in [7, 11) is 4.78. The van der Waals surface area contributed by atoms with Gasteiger partial charge in [0.25, 0.3) is 0 Å². The van der Waals surface area contributed by atoms with E-state index in [9.17, 15) is 4.79 Å². The molecular weight excluding hydrogens is 360 g/mol. The van der Waals surface area contributed by atoms with Crippen LogP contribution in [0, 0.1) is 0 Å². The average Bonchev–Trinajstić information content (AvgIpc) is 2.74. The summed E-state index contributed by atoms with van der Waals surface area (Å²) in [6.45, 7) is 1.24. The molecule has 7 heteroatoms. The highest BCUT2D eigenvalue weighted by Gasteiger charge is 2.24. The zero-order chi connectivity index (χ0) is 19.9. The van der Waals surface area contributed by atoms with Crippen LogP contribution in [0.1, 0.15) is 12.8 Å². The Bertz CT molecular complexity index is 803. The van der Waals surface area contributed by atoms with Crippen molar-refractivity contribution in [2.24, 2.45) is 0 Å². The van der Waals surface area contributed by atoms with Gasteiger partial charge in [0, 0.05) is 38.1 Å². The highest BCUT2D eigenvalue weighted by Crippen LogP contribution is 2.29. The number of benzene rings is 2. The van der Waals surface area contributed by atoms with E-state index in [-0.39, 0.29) is 12.1 Å². The first-order chi connectivity index (χ1) is 13.6. The average molecular weight is 386 g/mol. The van der Waals surface area contributed by atoms with E-state index in [4.69, 9.17) is 18.9 Å². The van der Waals surface area contributed by atoms with Gasteiger partial charge in [-0.05, 0) is 24.3 Å². The molecule has 150 valence electrons. The van der Waals surface area contributed by atoms with Crippen LogP contribution >= 0.6 is 0 Å². The molecule has 0 saturated carbocycles. The lowest BCUT2D eigenvalue weighted by Gasteiger charge is -2.32. The van der Waals surface area contributed by atoms with Gasteiger partial charge in [-0.2, -0.15) is 0 Å². The lowest BCUT2D eigenvalue weighted by molar-refractivity contribution is 0.115. The van der Waals surface area contributed by atoms with Gasteiger partial charge >= 0.3 is 6.03 Å². The van der Waals surface area contributed by atoms with Gasteiger partial charge in [0.2, 0.25) is 0 Å². The number of carbonyl (C=O) groups is 1. The molecule has 1 N–H and O–H groups in total. The summed E-state index contributed by atoms with van der Waals surface area (Å²) in [4.78, 5) is 14.4. The normalized spacial score (nSPS) is 14.3. The van der Waals surface area contributed by atoms with E-state index in [1.807, 2.05) is 24.3 Å². The fourth-order valence-corrected chi connectivity index (χ4v) is 3.15. The Morgan fingerprint density at radius 3 is 2.29 bits per heavy atom. The van der Waals surface area contributed by atoms with E-state index in [0.717, 1.165) is 24.3 Å². The molecule has 2 aromatic rings. The second-order valence-electron chi connectivity index (χ2n) is 6.48. The standard InChI is InChI=1S/C21H26N2O5/c1-25-16-5-4-6-18(13-16)28-15-9-11-23(12-10-15)21(24)22-19-14-17(26-2)7-8-20(19)27-3/h4-8,13-15H,9-12H2,1-3H3,(H,22,24). The molecule has 0 spiro atoms. The van der Waals surface area contributed by atoms with E-state index < -0.39 is 0 Å². The van der Waals surface area contributed by atoms with E-state index in [1.165, 1.54) is 0 Å². The zero-order valence-electron chi connectivity index (χ0n) is 16.4. The van der Waals surface area contributed by atoms with Gasteiger partial charge in [-0.15, -0.1) is 0 Å². The number of rotatable bonds is 6. The third kappa shape index (κ3) is 4.79. The first kappa shape index (κ1) is 19.7. The summed E-state index contributed by atoms with van der Waals surface area (Å²) >= 11 is 0. The zero-order valence-corrected chi connectivity index (χ0v) is 16.4. The number of methoxy groups -OCH3 is 3. The molecule has 0 aliphatic carbocycles. The number of carbonyl (C=O) groups excluding carboxylic acids is 1. The summed E-state index contributed by atoms with van der Waals surface area (Å²) in [5.41, 5.74) is 0.585. The predicted octanol–water partition coefficient (Wildman–Crippen LogP) is 3.79. The quantitative estimate of drug-likeness (QED) is 0.818. The summed E-state index contributed by atoms with van der Waals surface area (Å²) in [6, 6.07) is 12.7. The van der Waals surface area contributed by atoms with E-state index >= 15 is 0 Å². The molecule has 1 saturated heterocycles. The van der Waals surface area contributed by atoms with Gasteiger partial charge in [-0.1, -0.05) is 6.07 Å². The number of likely N-dealkylation sites (tertiary alicyclic amines) is 1. The minimum absolute atomic E-state index is 0.0718. The van der Waals surface area contributed by atoms with Gasteiger partial charge in [0.1, 0.15) is 29.1 Å². The molecule has 1 fully saturated rings. The Hall–Kier alpha value is -3.09. The van der Waals surface area contributed by atoms with Crippen LogP contribution in [0.25, 0.3) is 0 Å². The fraction of sp³-hybridized carbons (Fsp3) is 0.381. The largest absolute Gasteiger partial charge is 0.497 e. The maximum atomic E-state index is 12.6. The van der Waals surface area contributed by atoms with Gasteiger partial charge in [-0.25, -0.2) is 4.79 Å². The lowest BCUT2D eigenvalue weighted by Crippen LogP contribution is -2.43. The van der Waals surface area contributed by atoms with E-state index in [2.05, 4.69) is 5.32 Å². The predicted molar refractivity (Wildman–Crippen MR) is 107 cm³/mol. The molecule has 0 aromatic heterocycles. The monoisotopic (exact) mass is 386 g/mol. The molecule has 0 atom stereocenters. The van der Waals surface area contributed by atoms with Crippen molar-refractivity contribution in [3.63, 3.8) is 0 Å². The maximum Gasteiger partial charge on any atom is 0.321 e. The minimum atomic E-state index is -0.161. The maximum absolute atomic E-state index is 12.6. The van der Waals surface area contributed by atoms with Crippen LogP contribution in [-0.4, -0.2) is 51.5 Å².